The lowest BCUT2D eigenvalue weighted by Gasteiger charge is -2.22. The molecule has 0 saturated carbocycles. The third kappa shape index (κ3) is 3.30. The van der Waals surface area contributed by atoms with Crippen LogP contribution in [0, 0.1) is 5.92 Å². The van der Waals surface area contributed by atoms with Gasteiger partial charge in [0, 0.05) is 12.5 Å². The van der Waals surface area contributed by atoms with Crippen LogP contribution >= 0.6 is 0 Å². The highest BCUT2D eigenvalue weighted by atomic mass is 16.5. The Labute approximate surface area is 104 Å². The molecular weight excluding hydrogens is 212 g/mol. The summed E-state index contributed by atoms with van der Waals surface area (Å²) in [5, 5.41) is 10.2. The SMILES string of the molecule is CCC1OCCC1C(O)CCc1ccccc1. The Hall–Kier alpha value is -0.860. The Balaban J connectivity index is 1.83. The summed E-state index contributed by atoms with van der Waals surface area (Å²) in [5.41, 5.74) is 1.30. The lowest BCUT2D eigenvalue weighted by atomic mass is 9.90. The van der Waals surface area contributed by atoms with Gasteiger partial charge in [0.05, 0.1) is 12.2 Å². The fourth-order valence-corrected chi connectivity index (χ4v) is 2.70. The van der Waals surface area contributed by atoms with Gasteiger partial charge in [-0.1, -0.05) is 37.3 Å². The molecule has 1 N–H and O–H groups in total. The van der Waals surface area contributed by atoms with Gasteiger partial charge in [0.25, 0.3) is 0 Å². The Kier molecular flexibility index (Phi) is 4.57. The lowest BCUT2D eigenvalue weighted by molar-refractivity contribution is 0.0280. The molecule has 3 atom stereocenters. The zero-order valence-corrected chi connectivity index (χ0v) is 10.5. The van der Waals surface area contributed by atoms with Crippen molar-refractivity contribution < 1.29 is 9.84 Å². The van der Waals surface area contributed by atoms with Crippen LogP contribution in [0.25, 0.3) is 0 Å². The summed E-state index contributed by atoms with van der Waals surface area (Å²) < 4.78 is 5.63. The van der Waals surface area contributed by atoms with Gasteiger partial charge in [-0.05, 0) is 31.2 Å². The quantitative estimate of drug-likeness (QED) is 0.849. The van der Waals surface area contributed by atoms with Crippen molar-refractivity contribution >= 4 is 0 Å². The first kappa shape index (κ1) is 12.6. The lowest BCUT2D eigenvalue weighted by Crippen LogP contribution is -2.28. The number of hydrogen-bond donors (Lipinski definition) is 1. The topological polar surface area (TPSA) is 29.5 Å². The van der Waals surface area contributed by atoms with E-state index in [0.29, 0.717) is 5.92 Å². The van der Waals surface area contributed by atoms with Gasteiger partial charge in [0.15, 0.2) is 0 Å². The van der Waals surface area contributed by atoms with Crippen LogP contribution in [0.5, 0.6) is 0 Å². The molecule has 0 bridgehead atoms. The van der Waals surface area contributed by atoms with Crippen molar-refractivity contribution in [2.45, 2.75) is 44.8 Å². The van der Waals surface area contributed by atoms with Crippen molar-refractivity contribution in [3.63, 3.8) is 0 Å². The first-order chi connectivity index (χ1) is 8.31. The van der Waals surface area contributed by atoms with E-state index in [1.54, 1.807) is 0 Å². The van der Waals surface area contributed by atoms with Gasteiger partial charge in [0.1, 0.15) is 0 Å². The molecule has 0 aromatic heterocycles. The number of ether oxygens (including phenoxy) is 1. The van der Waals surface area contributed by atoms with Crippen LogP contribution in [0.2, 0.25) is 0 Å². The van der Waals surface area contributed by atoms with Gasteiger partial charge in [-0.15, -0.1) is 0 Å². The molecule has 1 fully saturated rings. The van der Waals surface area contributed by atoms with E-state index in [9.17, 15) is 5.11 Å². The first-order valence-electron chi connectivity index (χ1n) is 6.65. The number of hydrogen-bond acceptors (Lipinski definition) is 2. The second-order valence-electron chi connectivity index (χ2n) is 4.86. The van der Waals surface area contributed by atoms with E-state index in [1.807, 2.05) is 6.07 Å². The number of benzene rings is 1. The van der Waals surface area contributed by atoms with Gasteiger partial charge in [0.2, 0.25) is 0 Å². The maximum atomic E-state index is 10.2. The monoisotopic (exact) mass is 234 g/mol. The van der Waals surface area contributed by atoms with Gasteiger partial charge in [-0.2, -0.15) is 0 Å². The molecule has 2 rings (SSSR count). The highest BCUT2D eigenvalue weighted by Crippen LogP contribution is 2.28. The predicted molar refractivity (Wildman–Crippen MR) is 68.9 cm³/mol. The molecular formula is C15H22O2. The van der Waals surface area contributed by atoms with E-state index >= 15 is 0 Å². The molecule has 1 heterocycles. The summed E-state index contributed by atoms with van der Waals surface area (Å²) in [6.45, 7) is 2.94. The minimum atomic E-state index is -0.220. The Morgan fingerprint density at radius 1 is 1.35 bits per heavy atom. The molecule has 17 heavy (non-hydrogen) atoms. The third-order valence-electron chi connectivity index (χ3n) is 3.73. The summed E-state index contributed by atoms with van der Waals surface area (Å²) >= 11 is 0. The second-order valence-corrected chi connectivity index (χ2v) is 4.86. The standard InChI is InChI=1S/C15H22O2/c1-2-15-13(10-11-17-15)14(16)9-8-12-6-4-3-5-7-12/h3-7,13-16H,2,8-11H2,1H3. The van der Waals surface area contributed by atoms with Crippen molar-refractivity contribution in [2.75, 3.05) is 6.61 Å². The molecule has 0 aliphatic carbocycles. The first-order valence-corrected chi connectivity index (χ1v) is 6.65. The summed E-state index contributed by atoms with van der Waals surface area (Å²) in [6, 6.07) is 10.4. The van der Waals surface area contributed by atoms with E-state index in [-0.39, 0.29) is 12.2 Å². The van der Waals surface area contributed by atoms with Crippen LogP contribution < -0.4 is 0 Å². The fraction of sp³-hybridized carbons (Fsp3) is 0.600. The van der Waals surface area contributed by atoms with Gasteiger partial charge in [-0.25, -0.2) is 0 Å². The van der Waals surface area contributed by atoms with E-state index in [0.717, 1.165) is 32.3 Å². The summed E-state index contributed by atoms with van der Waals surface area (Å²) in [4.78, 5) is 0. The molecule has 0 radical (unpaired) electrons. The largest absolute Gasteiger partial charge is 0.393 e. The molecule has 2 nitrogen and oxygen atoms in total. The number of aliphatic hydroxyl groups is 1. The van der Waals surface area contributed by atoms with Crippen LogP contribution in [-0.2, 0) is 11.2 Å². The average Bonchev–Trinajstić information content (AvgIpc) is 2.85. The van der Waals surface area contributed by atoms with Crippen LogP contribution in [-0.4, -0.2) is 23.9 Å². The van der Waals surface area contributed by atoms with Crippen molar-refractivity contribution in [1.82, 2.24) is 0 Å². The average molecular weight is 234 g/mol. The predicted octanol–water partition coefficient (Wildman–Crippen LogP) is 2.80. The minimum absolute atomic E-state index is 0.220. The van der Waals surface area contributed by atoms with Crippen LogP contribution in [0.1, 0.15) is 31.7 Å². The zero-order chi connectivity index (χ0) is 12.1. The second kappa shape index (κ2) is 6.18. The van der Waals surface area contributed by atoms with Crippen LogP contribution in [0.3, 0.4) is 0 Å². The maximum absolute atomic E-state index is 10.2. The number of rotatable bonds is 5. The summed E-state index contributed by atoms with van der Waals surface area (Å²) in [6.07, 6.45) is 3.86. The summed E-state index contributed by atoms with van der Waals surface area (Å²) in [5.74, 6) is 0.337. The molecule has 94 valence electrons. The van der Waals surface area contributed by atoms with Crippen LogP contribution in [0.15, 0.2) is 30.3 Å². The fourth-order valence-electron chi connectivity index (χ4n) is 2.70. The summed E-state index contributed by atoms with van der Waals surface area (Å²) in [7, 11) is 0. The molecule has 0 amide bonds. The van der Waals surface area contributed by atoms with Gasteiger partial charge < -0.3 is 9.84 Å². The molecule has 2 heteroatoms. The van der Waals surface area contributed by atoms with E-state index in [2.05, 4.69) is 31.2 Å². The van der Waals surface area contributed by atoms with Crippen molar-refractivity contribution in [3.05, 3.63) is 35.9 Å². The van der Waals surface area contributed by atoms with E-state index in [1.165, 1.54) is 5.56 Å². The molecule has 1 saturated heterocycles. The highest BCUT2D eigenvalue weighted by molar-refractivity contribution is 5.14. The zero-order valence-electron chi connectivity index (χ0n) is 10.5. The Morgan fingerprint density at radius 3 is 2.82 bits per heavy atom. The maximum Gasteiger partial charge on any atom is 0.0626 e. The Morgan fingerprint density at radius 2 is 2.12 bits per heavy atom. The smallest absolute Gasteiger partial charge is 0.0626 e. The molecule has 1 aromatic rings. The van der Waals surface area contributed by atoms with Crippen molar-refractivity contribution in [3.8, 4) is 0 Å². The molecule has 3 unspecified atom stereocenters. The van der Waals surface area contributed by atoms with Gasteiger partial charge in [-0.3, -0.25) is 0 Å². The highest BCUT2D eigenvalue weighted by Gasteiger charge is 2.32. The molecule has 1 aromatic carbocycles. The Bertz CT molecular complexity index is 323. The van der Waals surface area contributed by atoms with E-state index in [4.69, 9.17) is 4.74 Å². The molecule has 1 aliphatic heterocycles. The van der Waals surface area contributed by atoms with E-state index < -0.39 is 0 Å². The van der Waals surface area contributed by atoms with Crippen LogP contribution in [0.4, 0.5) is 0 Å². The molecule has 1 aliphatic rings. The van der Waals surface area contributed by atoms with Crippen molar-refractivity contribution in [2.24, 2.45) is 5.92 Å². The number of aliphatic hydroxyl groups excluding tert-OH is 1. The minimum Gasteiger partial charge on any atom is -0.393 e. The van der Waals surface area contributed by atoms with Gasteiger partial charge >= 0.3 is 0 Å². The van der Waals surface area contributed by atoms with Crippen molar-refractivity contribution in [1.29, 1.82) is 0 Å². The normalized spacial score (nSPS) is 26.0. The number of aryl methyl sites for hydroxylation is 1. The molecule has 0 spiro atoms. The third-order valence-corrected chi connectivity index (χ3v) is 3.73.